The molecule has 0 bridgehead atoms. The van der Waals surface area contributed by atoms with Gasteiger partial charge in [0.2, 0.25) is 5.95 Å². The van der Waals surface area contributed by atoms with E-state index in [1.54, 1.807) is 31.4 Å². The second kappa shape index (κ2) is 7.07. The van der Waals surface area contributed by atoms with Gasteiger partial charge in [-0.15, -0.1) is 6.58 Å². The molecule has 0 saturated carbocycles. The fourth-order valence-electron chi connectivity index (χ4n) is 1.67. The molecule has 7 nitrogen and oxygen atoms in total. The summed E-state index contributed by atoms with van der Waals surface area (Å²) in [7, 11) is 1.57. The minimum Gasteiger partial charge on any atom is -0.496 e. The van der Waals surface area contributed by atoms with Gasteiger partial charge in [0.05, 0.1) is 12.7 Å². The number of hydrogen-bond donors (Lipinski definition) is 3. The van der Waals surface area contributed by atoms with Gasteiger partial charge in [-0.05, 0) is 18.2 Å². The molecule has 22 heavy (non-hydrogen) atoms. The number of ether oxygens (including phenoxy) is 1. The van der Waals surface area contributed by atoms with Crippen LogP contribution >= 0.6 is 0 Å². The smallest absolute Gasteiger partial charge is 0.254 e. The largest absolute Gasteiger partial charge is 0.496 e. The summed E-state index contributed by atoms with van der Waals surface area (Å²) in [6.45, 7) is 4.05. The maximum Gasteiger partial charge on any atom is 0.254 e. The average Bonchev–Trinajstić information content (AvgIpc) is 2.53. The molecule has 0 aliphatic rings. The quantitative estimate of drug-likeness (QED) is 0.673. The van der Waals surface area contributed by atoms with Gasteiger partial charge in [0, 0.05) is 24.5 Å². The zero-order chi connectivity index (χ0) is 15.9. The first-order chi connectivity index (χ1) is 10.6. The Hall–Kier alpha value is -3.09. The van der Waals surface area contributed by atoms with E-state index in [2.05, 4.69) is 33.2 Å². The Kier molecular flexibility index (Phi) is 4.92. The first kappa shape index (κ1) is 15.3. The lowest BCUT2D eigenvalue weighted by atomic mass is 10.3. The summed E-state index contributed by atoms with van der Waals surface area (Å²) in [5.41, 5.74) is 6.25. The molecule has 1 radical (unpaired) electrons. The number of amides is 1. The highest BCUT2D eigenvalue weighted by atomic mass is 16.5. The van der Waals surface area contributed by atoms with Crippen LogP contribution in [-0.2, 0) is 0 Å². The van der Waals surface area contributed by atoms with Gasteiger partial charge in [0.1, 0.15) is 11.6 Å². The lowest BCUT2D eigenvalue weighted by Gasteiger charge is -2.10. The number of nitrogens with zero attached hydrogens (tertiary/aromatic N) is 2. The lowest BCUT2D eigenvalue weighted by molar-refractivity contribution is 0.100. The van der Waals surface area contributed by atoms with E-state index >= 15 is 0 Å². The summed E-state index contributed by atoms with van der Waals surface area (Å²) in [6.07, 6.45) is 3.02. The highest BCUT2D eigenvalue weighted by Crippen LogP contribution is 2.19. The van der Waals surface area contributed by atoms with Gasteiger partial charge in [0.15, 0.2) is 0 Å². The summed E-state index contributed by atoms with van der Waals surface area (Å²) < 4.78 is 5.04. The number of nitrogens with two attached hydrogens (primary N) is 1. The Morgan fingerprint density at radius 2 is 2.36 bits per heavy atom. The number of rotatable bonds is 7. The first-order valence-corrected chi connectivity index (χ1v) is 6.48. The molecule has 7 heteroatoms. The van der Waals surface area contributed by atoms with Gasteiger partial charge >= 0.3 is 0 Å². The van der Waals surface area contributed by atoms with E-state index < -0.39 is 5.91 Å². The van der Waals surface area contributed by atoms with Gasteiger partial charge < -0.3 is 21.1 Å². The molecule has 1 aromatic heterocycles. The van der Waals surface area contributed by atoms with Crippen LogP contribution in [0.5, 0.6) is 5.75 Å². The normalized spacial score (nSPS) is 9.86. The lowest BCUT2D eigenvalue weighted by Crippen LogP contribution is -2.17. The number of carbonyl (C=O) groups excluding carboxylic acids is 1. The summed E-state index contributed by atoms with van der Waals surface area (Å²) in [6, 6.07) is 8.22. The second-order valence-electron chi connectivity index (χ2n) is 4.26. The molecule has 0 fully saturated rings. The molecule has 2 rings (SSSR count). The van der Waals surface area contributed by atoms with E-state index in [0.717, 1.165) is 5.69 Å². The minimum atomic E-state index is -0.601. The van der Waals surface area contributed by atoms with Crippen molar-refractivity contribution in [1.82, 2.24) is 9.97 Å². The molecule has 4 N–H and O–H groups in total. The number of carbonyl (C=O) groups is 1. The maximum absolute atomic E-state index is 11.4. The summed E-state index contributed by atoms with van der Waals surface area (Å²) in [5, 5.41) is 5.96. The topological polar surface area (TPSA) is 102 Å². The van der Waals surface area contributed by atoms with Crippen molar-refractivity contribution in [3.8, 4) is 5.75 Å². The number of aromatic nitrogens is 2. The Bertz CT molecular complexity index is 670. The van der Waals surface area contributed by atoms with Gasteiger partial charge in [-0.2, -0.15) is 4.98 Å². The third kappa shape index (κ3) is 3.72. The fraction of sp³-hybridized carbons (Fsp3) is 0.133. The predicted molar refractivity (Wildman–Crippen MR) is 84.3 cm³/mol. The predicted octanol–water partition coefficient (Wildman–Crippen LogP) is 1.73. The number of nitrogens with one attached hydrogen (secondary N) is 2. The standard InChI is InChI=1S/C15H16N5O2/c1-3-8-17-14-12(13(16)21)9-18-15(20-14)19-10-4-6-11(22-2)7-5-10/h3-6,9H,1,8H2,2H3,(H2,16,21)(H2,17,18,19,20). The Morgan fingerprint density at radius 3 is 2.95 bits per heavy atom. The zero-order valence-corrected chi connectivity index (χ0v) is 12.1. The number of anilines is 3. The molecule has 0 spiro atoms. The summed E-state index contributed by atoms with van der Waals surface area (Å²) in [4.78, 5) is 19.7. The van der Waals surface area contributed by atoms with Crippen molar-refractivity contribution in [3.05, 3.63) is 48.7 Å². The van der Waals surface area contributed by atoms with Gasteiger partial charge in [0.25, 0.3) is 5.91 Å². The molecule has 0 unspecified atom stereocenters. The molecule has 0 aliphatic heterocycles. The molecule has 113 valence electrons. The Labute approximate surface area is 128 Å². The van der Waals surface area contributed by atoms with Gasteiger partial charge in [-0.25, -0.2) is 4.98 Å². The molecule has 0 aliphatic carbocycles. The third-order valence-corrected chi connectivity index (χ3v) is 2.73. The van der Waals surface area contributed by atoms with Crippen LogP contribution in [0.1, 0.15) is 10.4 Å². The third-order valence-electron chi connectivity index (χ3n) is 2.73. The van der Waals surface area contributed by atoms with Gasteiger partial charge in [-0.3, -0.25) is 4.79 Å². The second-order valence-corrected chi connectivity index (χ2v) is 4.26. The van der Waals surface area contributed by atoms with Crippen molar-refractivity contribution in [3.63, 3.8) is 0 Å². The molecule has 0 saturated heterocycles. The Morgan fingerprint density at radius 1 is 1.55 bits per heavy atom. The van der Waals surface area contributed by atoms with Crippen molar-refractivity contribution in [1.29, 1.82) is 0 Å². The van der Waals surface area contributed by atoms with E-state index in [-0.39, 0.29) is 5.56 Å². The van der Waals surface area contributed by atoms with Crippen LogP contribution in [0.25, 0.3) is 0 Å². The monoisotopic (exact) mass is 298 g/mol. The van der Waals surface area contributed by atoms with E-state index in [1.165, 1.54) is 6.20 Å². The van der Waals surface area contributed by atoms with Crippen LogP contribution < -0.4 is 21.1 Å². The van der Waals surface area contributed by atoms with Gasteiger partial charge in [-0.1, -0.05) is 6.08 Å². The van der Waals surface area contributed by atoms with Crippen LogP contribution in [0.2, 0.25) is 0 Å². The molecule has 1 amide bonds. The molecule has 2 aromatic rings. The maximum atomic E-state index is 11.4. The van der Waals surface area contributed by atoms with E-state index in [0.29, 0.717) is 24.1 Å². The van der Waals surface area contributed by atoms with Crippen LogP contribution in [-0.4, -0.2) is 29.5 Å². The molecular formula is C15H16N5O2. The van der Waals surface area contributed by atoms with Crippen molar-refractivity contribution >= 4 is 23.4 Å². The summed E-state index contributed by atoms with van der Waals surface area (Å²) in [5.74, 6) is 0.706. The minimum absolute atomic E-state index is 0.216. The SMILES string of the molecule is C=CCNc1nc(Nc2c[c]c(OC)cc2)ncc1C(N)=O. The number of benzene rings is 1. The summed E-state index contributed by atoms with van der Waals surface area (Å²) >= 11 is 0. The first-order valence-electron chi connectivity index (χ1n) is 6.48. The average molecular weight is 298 g/mol. The molecular weight excluding hydrogens is 282 g/mol. The van der Waals surface area contributed by atoms with Crippen molar-refractivity contribution in [2.45, 2.75) is 0 Å². The Balaban J connectivity index is 2.22. The zero-order valence-electron chi connectivity index (χ0n) is 12.1. The fourth-order valence-corrected chi connectivity index (χ4v) is 1.67. The van der Waals surface area contributed by atoms with Crippen molar-refractivity contribution < 1.29 is 9.53 Å². The van der Waals surface area contributed by atoms with Crippen LogP contribution in [0, 0.1) is 6.07 Å². The number of primary amides is 1. The van der Waals surface area contributed by atoms with E-state index in [1.807, 2.05) is 0 Å². The van der Waals surface area contributed by atoms with Crippen molar-refractivity contribution in [2.75, 3.05) is 24.3 Å². The molecule has 1 heterocycles. The van der Waals surface area contributed by atoms with E-state index in [4.69, 9.17) is 10.5 Å². The highest BCUT2D eigenvalue weighted by molar-refractivity contribution is 5.97. The van der Waals surface area contributed by atoms with Crippen LogP contribution in [0.3, 0.4) is 0 Å². The van der Waals surface area contributed by atoms with E-state index in [9.17, 15) is 4.79 Å². The van der Waals surface area contributed by atoms with Crippen LogP contribution in [0.15, 0.2) is 37.1 Å². The molecule has 1 aromatic carbocycles. The number of methoxy groups -OCH3 is 1. The van der Waals surface area contributed by atoms with Crippen molar-refractivity contribution in [2.24, 2.45) is 5.73 Å². The highest BCUT2D eigenvalue weighted by Gasteiger charge is 2.11. The number of hydrogen-bond acceptors (Lipinski definition) is 6. The molecule has 0 atom stereocenters. The van der Waals surface area contributed by atoms with Crippen LogP contribution in [0.4, 0.5) is 17.5 Å².